The molecule has 0 saturated heterocycles. The molecule has 1 rings (SSSR count). The van der Waals surface area contributed by atoms with Crippen molar-refractivity contribution in [3.63, 3.8) is 0 Å². The predicted molar refractivity (Wildman–Crippen MR) is 45.0 cm³/mol. The Morgan fingerprint density at radius 3 is 2.29 bits per heavy atom. The first-order valence-electron chi connectivity index (χ1n) is 3.49. The van der Waals surface area contributed by atoms with Crippen LogP contribution in [0.2, 0.25) is 5.02 Å². The number of benzene rings is 1. The lowest BCUT2D eigenvalue weighted by Crippen LogP contribution is -2.12. The number of carbonyl (C=O) groups excluding carboxylic acids is 1. The van der Waals surface area contributed by atoms with Crippen LogP contribution >= 0.6 is 11.6 Å². The average molecular weight is 224 g/mol. The van der Waals surface area contributed by atoms with E-state index in [1.54, 1.807) is 0 Å². The third-order valence-electron chi connectivity index (χ3n) is 1.56. The summed E-state index contributed by atoms with van der Waals surface area (Å²) in [6.45, 7) is 0. The number of amides is 1. The minimum absolute atomic E-state index is 0.0528. The van der Waals surface area contributed by atoms with Crippen LogP contribution in [0, 0.1) is 0 Å². The van der Waals surface area contributed by atoms with E-state index in [0.29, 0.717) is 0 Å². The number of rotatable bonds is 1. The third kappa shape index (κ3) is 2.17. The van der Waals surface area contributed by atoms with Gasteiger partial charge in [0.25, 0.3) is 0 Å². The third-order valence-corrected chi connectivity index (χ3v) is 1.87. The van der Waals surface area contributed by atoms with Gasteiger partial charge >= 0.3 is 6.18 Å². The van der Waals surface area contributed by atoms with Gasteiger partial charge in [0.15, 0.2) is 0 Å². The lowest BCUT2D eigenvalue weighted by molar-refractivity contribution is -0.137. The van der Waals surface area contributed by atoms with E-state index >= 15 is 0 Å². The van der Waals surface area contributed by atoms with Crippen LogP contribution in [-0.4, -0.2) is 5.91 Å². The van der Waals surface area contributed by atoms with E-state index in [1.165, 1.54) is 0 Å². The number of hydrogen-bond donors (Lipinski definition) is 1. The molecular formula is C8H5ClF3NO. The maximum atomic E-state index is 12.2. The number of primary amides is 1. The average Bonchev–Trinajstić information content (AvgIpc) is 2.01. The fourth-order valence-electron chi connectivity index (χ4n) is 0.898. The Bertz CT molecular complexity index is 375. The molecule has 0 aliphatic rings. The van der Waals surface area contributed by atoms with E-state index in [1.807, 2.05) is 0 Å². The van der Waals surface area contributed by atoms with Crippen LogP contribution in [0.4, 0.5) is 13.2 Å². The van der Waals surface area contributed by atoms with Crippen LogP contribution in [0.1, 0.15) is 15.9 Å². The van der Waals surface area contributed by atoms with Gasteiger partial charge in [-0.2, -0.15) is 13.2 Å². The Morgan fingerprint density at radius 2 is 1.93 bits per heavy atom. The highest BCUT2D eigenvalue weighted by Crippen LogP contribution is 2.34. The van der Waals surface area contributed by atoms with Gasteiger partial charge in [-0.3, -0.25) is 4.79 Å². The second kappa shape index (κ2) is 3.49. The first-order valence-corrected chi connectivity index (χ1v) is 3.86. The van der Waals surface area contributed by atoms with Gasteiger partial charge < -0.3 is 5.73 Å². The predicted octanol–water partition coefficient (Wildman–Crippen LogP) is 2.46. The number of hydrogen-bond acceptors (Lipinski definition) is 1. The van der Waals surface area contributed by atoms with E-state index in [2.05, 4.69) is 0 Å². The molecule has 1 aromatic carbocycles. The Kier molecular flexibility index (Phi) is 2.71. The van der Waals surface area contributed by atoms with E-state index in [0.717, 1.165) is 18.2 Å². The molecule has 0 fully saturated rings. The standard InChI is InChI=1S/C8H5ClF3NO/c9-6-3-4(7(13)14)1-2-5(6)8(10,11)12/h1-3H,(H2,13,14). The summed E-state index contributed by atoms with van der Waals surface area (Å²) in [5.74, 6) is -0.819. The van der Waals surface area contributed by atoms with Crippen LogP contribution in [0.15, 0.2) is 18.2 Å². The summed E-state index contributed by atoms with van der Waals surface area (Å²) >= 11 is 5.33. The molecule has 0 aromatic heterocycles. The van der Waals surface area contributed by atoms with Gasteiger partial charge in [-0.15, -0.1) is 0 Å². The minimum Gasteiger partial charge on any atom is -0.366 e. The van der Waals surface area contributed by atoms with Crippen LogP contribution in [0.3, 0.4) is 0 Å². The zero-order valence-electron chi connectivity index (χ0n) is 6.73. The molecule has 6 heteroatoms. The van der Waals surface area contributed by atoms with Crippen LogP contribution in [0.25, 0.3) is 0 Å². The molecule has 0 radical (unpaired) electrons. The highest BCUT2D eigenvalue weighted by molar-refractivity contribution is 6.31. The summed E-state index contributed by atoms with van der Waals surface area (Å²) in [5, 5.41) is -0.534. The number of carbonyl (C=O) groups is 1. The molecule has 1 amide bonds. The van der Waals surface area contributed by atoms with Crippen molar-refractivity contribution in [2.24, 2.45) is 5.73 Å². The number of halogens is 4. The number of nitrogens with two attached hydrogens (primary N) is 1. The lowest BCUT2D eigenvalue weighted by Gasteiger charge is -2.08. The fourth-order valence-corrected chi connectivity index (χ4v) is 1.19. The Morgan fingerprint density at radius 1 is 1.36 bits per heavy atom. The lowest BCUT2D eigenvalue weighted by atomic mass is 10.1. The summed E-state index contributed by atoms with van der Waals surface area (Å²) in [6, 6.07) is 2.60. The summed E-state index contributed by atoms with van der Waals surface area (Å²) in [5.41, 5.74) is 3.83. The van der Waals surface area contributed by atoms with Gasteiger partial charge in [0, 0.05) is 5.56 Å². The van der Waals surface area contributed by atoms with Gasteiger partial charge in [0.05, 0.1) is 10.6 Å². The fraction of sp³-hybridized carbons (Fsp3) is 0.125. The maximum Gasteiger partial charge on any atom is 0.417 e. The molecule has 1 aromatic rings. The van der Waals surface area contributed by atoms with E-state index in [-0.39, 0.29) is 5.56 Å². The molecule has 76 valence electrons. The molecule has 0 atom stereocenters. The maximum absolute atomic E-state index is 12.2. The zero-order chi connectivity index (χ0) is 10.9. The van der Waals surface area contributed by atoms with Crippen molar-refractivity contribution in [3.05, 3.63) is 34.3 Å². The molecule has 0 aliphatic carbocycles. The highest BCUT2D eigenvalue weighted by Gasteiger charge is 2.33. The van der Waals surface area contributed by atoms with E-state index < -0.39 is 22.7 Å². The van der Waals surface area contributed by atoms with Crippen LogP contribution < -0.4 is 5.73 Å². The molecule has 2 nitrogen and oxygen atoms in total. The summed E-state index contributed by atoms with van der Waals surface area (Å²) in [6.07, 6.45) is -4.52. The quantitative estimate of drug-likeness (QED) is 0.781. The molecule has 14 heavy (non-hydrogen) atoms. The van der Waals surface area contributed by atoms with Gasteiger partial charge in [0.2, 0.25) is 5.91 Å². The van der Waals surface area contributed by atoms with Crippen molar-refractivity contribution in [3.8, 4) is 0 Å². The Balaban J connectivity index is 3.21. The normalized spacial score (nSPS) is 11.4. The topological polar surface area (TPSA) is 43.1 Å². The van der Waals surface area contributed by atoms with E-state index in [4.69, 9.17) is 17.3 Å². The summed E-state index contributed by atoms with van der Waals surface area (Å²) in [7, 11) is 0. The van der Waals surface area contributed by atoms with E-state index in [9.17, 15) is 18.0 Å². The zero-order valence-corrected chi connectivity index (χ0v) is 7.49. The largest absolute Gasteiger partial charge is 0.417 e. The Hall–Kier alpha value is -1.23. The van der Waals surface area contributed by atoms with Crippen molar-refractivity contribution in [1.82, 2.24) is 0 Å². The van der Waals surface area contributed by atoms with Crippen molar-refractivity contribution in [2.45, 2.75) is 6.18 Å². The summed E-state index contributed by atoms with van der Waals surface area (Å²) in [4.78, 5) is 10.6. The van der Waals surface area contributed by atoms with Gasteiger partial charge in [-0.05, 0) is 18.2 Å². The molecule has 0 unspecified atom stereocenters. The van der Waals surface area contributed by atoms with Crippen molar-refractivity contribution >= 4 is 17.5 Å². The molecule has 0 saturated carbocycles. The SMILES string of the molecule is NC(=O)c1ccc(C(F)(F)F)c(Cl)c1. The highest BCUT2D eigenvalue weighted by atomic mass is 35.5. The van der Waals surface area contributed by atoms with Crippen molar-refractivity contribution < 1.29 is 18.0 Å². The molecule has 0 aliphatic heterocycles. The summed E-state index contributed by atoms with van der Waals surface area (Å²) < 4.78 is 36.5. The number of alkyl halides is 3. The second-order valence-corrected chi connectivity index (χ2v) is 2.96. The molecule has 2 N–H and O–H groups in total. The van der Waals surface area contributed by atoms with Crippen molar-refractivity contribution in [2.75, 3.05) is 0 Å². The molecule has 0 heterocycles. The second-order valence-electron chi connectivity index (χ2n) is 2.56. The molecular weight excluding hydrogens is 219 g/mol. The van der Waals surface area contributed by atoms with Gasteiger partial charge in [-0.25, -0.2) is 0 Å². The van der Waals surface area contributed by atoms with Crippen LogP contribution in [0.5, 0.6) is 0 Å². The smallest absolute Gasteiger partial charge is 0.366 e. The minimum atomic E-state index is -4.52. The first kappa shape index (κ1) is 10.8. The molecule has 0 spiro atoms. The Labute approximate surface area is 82.5 Å². The van der Waals surface area contributed by atoms with Gasteiger partial charge in [-0.1, -0.05) is 11.6 Å². The molecule has 0 bridgehead atoms. The van der Waals surface area contributed by atoms with Crippen LogP contribution in [-0.2, 0) is 6.18 Å². The van der Waals surface area contributed by atoms with Crippen molar-refractivity contribution in [1.29, 1.82) is 0 Å². The monoisotopic (exact) mass is 223 g/mol. The van der Waals surface area contributed by atoms with Gasteiger partial charge in [0.1, 0.15) is 0 Å². The first-order chi connectivity index (χ1) is 6.32.